The van der Waals surface area contributed by atoms with Crippen molar-refractivity contribution in [1.82, 2.24) is 9.13 Å². The van der Waals surface area contributed by atoms with Gasteiger partial charge in [-0.05, 0) is 73.5 Å². The molecule has 2 aromatic heterocycles. The topological polar surface area (TPSA) is 86.2 Å². The third-order valence-electron chi connectivity index (χ3n) is 5.84. The Morgan fingerprint density at radius 3 is 2.44 bits per heavy atom. The van der Waals surface area contributed by atoms with E-state index >= 15 is 0 Å². The van der Waals surface area contributed by atoms with Crippen LogP contribution in [0, 0.1) is 13.8 Å². The predicted molar refractivity (Wildman–Crippen MR) is 133 cm³/mol. The summed E-state index contributed by atoms with van der Waals surface area (Å²) < 4.78 is 8.20. The largest absolute Gasteiger partial charge is 0.449 e. The first-order valence-electron chi connectivity index (χ1n) is 10.6. The molecule has 5 rings (SSSR count). The lowest BCUT2D eigenvalue weighted by molar-refractivity contribution is -0.116. The smallest absolute Gasteiger partial charge is 0.336 e. The normalized spacial score (nSPS) is 11.3. The van der Waals surface area contributed by atoms with Gasteiger partial charge in [0.2, 0.25) is 11.5 Å². The van der Waals surface area contributed by atoms with Crippen molar-refractivity contribution in [2.45, 2.75) is 20.4 Å². The lowest BCUT2D eigenvalue weighted by Crippen LogP contribution is -2.40. The molecule has 1 N–H and O–H groups in total. The number of nitrogens with one attached hydrogen (secondary N) is 1. The van der Waals surface area contributed by atoms with Crippen molar-refractivity contribution in [2.75, 3.05) is 5.32 Å². The van der Waals surface area contributed by atoms with E-state index in [4.69, 9.17) is 16.0 Å². The quantitative estimate of drug-likeness (QED) is 0.406. The Labute approximate surface area is 198 Å². The van der Waals surface area contributed by atoms with E-state index in [1.54, 1.807) is 60.7 Å². The number of furan rings is 1. The van der Waals surface area contributed by atoms with Crippen LogP contribution in [0.2, 0.25) is 5.02 Å². The molecule has 1 amide bonds. The average molecular weight is 474 g/mol. The summed E-state index contributed by atoms with van der Waals surface area (Å²) in [5.74, 6) is -0.429. The van der Waals surface area contributed by atoms with Crippen molar-refractivity contribution in [3.63, 3.8) is 0 Å². The van der Waals surface area contributed by atoms with Crippen molar-refractivity contribution in [3.8, 4) is 5.69 Å². The zero-order valence-electron chi connectivity index (χ0n) is 18.5. The maximum atomic E-state index is 13.7. The molecular formula is C26H20ClN3O4. The van der Waals surface area contributed by atoms with Gasteiger partial charge in [0.25, 0.3) is 0 Å². The van der Waals surface area contributed by atoms with Crippen LogP contribution in [0.15, 0.2) is 80.7 Å². The number of hydrogen-bond donors (Lipinski definition) is 1. The monoisotopic (exact) mass is 473 g/mol. The number of nitrogens with zero attached hydrogens (tertiary/aromatic N) is 2. The molecule has 0 aliphatic heterocycles. The second-order valence-corrected chi connectivity index (χ2v) is 8.55. The van der Waals surface area contributed by atoms with E-state index in [0.29, 0.717) is 27.4 Å². The number of benzene rings is 3. The SMILES string of the molecule is Cc1ccc(-n2c(=O)c3oc4ccccc4c3n(CC(=O)Nc3ccc(Cl)cc3)c2=O)cc1C. The lowest BCUT2D eigenvalue weighted by Gasteiger charge is -2.13. The predicted octanol–water partition coefficient (Wildman–Crippen LogP) is 4.81. The molecule has 170 valence electrons. The summed E-state index contributed by atoms with van der Waals surface area (Å²) in [6.07, 6.45) is 0. The third kappa shape index (κ3) is 3.70. The molecule has 0 bridgehead atoms. The highest BCUT2D eigenvalue weighted by Gasteiger charge is 2.22. The fourth-order valence-corrected chi connectivity index (χ4v) is 4.09. The van der Waals surface area contributed by atoms with Crippen molar-refractivity contribution >= 4 is 45.3 Å². The highest BCUT2D eigenvalue weighted by atomic mass is 35.5. The molecule has 0 saturated carbocycles. The van der Waals surface area contributed by atoms with Crippen molar-refractivity contribution < 1.29 is 9.21 Å². The van der Waals surface area contributed by atoms with E-state index in [-0.39, 0.29) is 17.6 Å². The van der Waals surface area contributed by atoms with Gasteiger partial charge in [-0.1, -0.05) is 29.8 Å². The van der Waals surface area contributed by atoms with Gasteiger partial charge in [-0.2, -0.15) is 0 Å². The van der Waals surface area contributed by atoms with E-state index in [2.05, 4.69) is 5.32 Å². The van der Waals surface area contributed by atoms with E-state index in [1.807, 2.05) is 19.9 Å². The Morgan fingerprint density at radius 1 is 0.971 bits per heavy atom. The number of halogens is 1. The van der Waals surface area contributed by atoms with Gasteiger partial charge < -0.3 is 9.73 Å². The molecule has 7 nitrogen and oxygen atoms in total. The maximum Gasteiger partial charge on any atom is 0.336 e. The highest BCUT2D eigenvalue weighted by Crippen LogP contribution is 2.26. The standard InChI is InChI=1S/C26H20ClN3O4/c1-15-7-12-19(13-16(15)2)30-25(32)24-23(20-5-3-4-6-21(20)34-24)29(26(30)33)14-22(31)28-18-10-8-17(27)9-11-18/h3-13H,14H2,1-2H3,(H,28,31). The Kier molecular flexibility index (Phi) is 5.34. The minimum Gasteiger partial charge on any atom is -0.449 e. The molecule has 0 saturated heterocycles. The first-order chi connectivity index (χ1) is 16.3. The van der Waals surface area contributed by atoms with Crippen LogP contribution in [0.25, 0.3) is 27.8 Å². The van der Waals surface area contributed by atoms with Crippen molar-refractivity contribution in [2.24, 2.45) is 0 Å². The molecule has 5 aromatic rings. The average Bonchev–Trinajstić information content (AvgIpc) is 3.20. The summed E-state index contributed by atoms with van der Waals surface area (Å²) in [4.78, 5) is 40.0. The summed E-state index contributed by atoms with van der Waals surface area (Å²) >= 11 is 5.92. The number of hydrogen-bond acceptors (Lipinski definition) is 4. The minimum atomic E-state index is -0.626. The van der Waals surface area contributed by atoms with E-state index in [1.165, 1.54) is 4.57 Å². The number of carbonyl (C=O) groups is 1. The van der Waals surface area contributed by atoms with E-state index < -0.39 is 17.2 Å². The van der Waals surface area contributed by atoms with Gasteiger partial charge in [-0.25, -0.2) is 9.36 Å². The molecule has 0 atom stereocenters. The first kappa shape index (κ1) is 21.7. The van der Waals surface area contributed by atoms with Gasteiger partial charge in [0.15, 0.2) is 0 Å². The molecule has 2 heterocycles. The van der Waals surface area contributed by atoms with Gasteiger partial charge in [-0.3, -0.25) is 14.2 Å². The van der Waals surface area contributed by atoms with Crippen LogP contribution in [-0.2, 0) is 11.3 Å². The van der Waals surface area contributed by atoms with Gasteiger partial charge in [0, 0.05) is 16.1 Å². The second-order valence-electron chi connectivity index (χ2n) is 8.11. The Hall–Kier alpha value is -4.10. The Bertz CT molecular complexity index is 1690. The number of amides is 1. The van der Waals surface area contributed by atoms with E-state index in [0.717, 1.165) is 15.7 Å². The zero-order chi connectivity index (χ0) is 24.0. The number of aryl methyl sites for hydroxylation is 2. The number of carbonyl (C=O) groups excluding carboxylic acids is 1. The van der Waals surface area contributed by atoms with Crippen molar-refractivity contribution in [3.05, 3.63) is 104 Å². The molecular weight excluding hydrogens is 454 g/mol. The van der Waals surface area contributed by atoms with Gasteiger partial charge >= 0.3 is 11.2 Å². The number of aromatic nitrogens is 2. The van der Waals surface area contributed by atoms with Crippen molar-refractivity contribution in [1.29, 1.82) is 0 Å². The molecule has 8 heteroatoms. The Morgan fingerprint density at radius 2 is 1.71 bits per heavy atom. The summed E-state index contributed by atoms with van der Waals surface area (Å²) in [5.41, 5.74) is 2.47. The number of fused-ring (bicyclic) bond motifs is 3. The molecule has 0 fully saturated rings. The summed E-state index contributed by atoms with van der Waals surface area (Å²) in [7, 11) is 0. The third-order valence-corrected chi connectivity index (χ3v) is 6.09. The molecule has 0 unspecified atom stereocenters. The fourth-order valence-electron chi connectivity index (χ4n) is 3.97. The maximum absolute atomic E-state index is 13.7. The van der Waals surface area contributed by atoms with E-state index in [9.17, 15) is 14.4 Å². The zero-order valence-corrected chi connectivity index (χ0v) is 19.2. The molecule has 34 heavy (non-hydrogen) atoms. The van der Waals surface area contributed by atoms with Crippen LogP contribution in [0.5, 0.6) is 0 Å². The Balaban J connectivity index is 1.72. The minimum absolute atomic E-state index is 0.0123. The molecule has 0 aliphatic rings. The van der Waals surface area contributed by atoms with Gasteiger partial charge in [-0.15, -0.1) is 0 Å². The first-order valence-corrected chi connectivity index (χ1v) is 11.0. The second kappa shape index (κ2) is 8.35. The van der Waals surface area contributed by atoms with Crippen LogP contribution >= 0.6 is 11.6 Å². The van der Waals surface area contributed by atoms with Gasteiger partial charge in [0.05, 0.1) is 5.69 Å². The number of para-hydroxylation sites is 1. The van der Waals surface area contributed by atoms with Crippen LogP contribution in [-0.4, -0.2) is 15.0 Å². The fraction of sp³-hybridized carbons (Fsp3) is 0.115. The lowest BCUT2D eigenvalue weighted by atomic mass is 10.1. The molecule has 0 radical (unpaired) electrons. The van der Waals surface area contributed by atoms with Crippen LogP contribution in [0.1, 0.15) is 11.1 Å². The number of rotatable bonds is 4. The highest BCUT2D eigenvalue weighted by molar-refractivity contribution is 6.30. The van der Waals surface area contributed by atoms with Crippen LogP contribution in [0.3, 0.4) is 0 Å². The number of anilines is 1. The summed E-state index contributed by atoms with van der Waals surface area (Å²) in [6, 6.07) is 19.0. The van der Waals surface area contributed by atoms with Gasteiger partial charge in [0.1, 0.15) is 17.6 Å². The molecule has 0 spiro atoms. The molecule has 3 aromatic carbocycles. The molecule has 0 aliphatic carbocycles. The summed E-state index contributed by atoms with van der Waals surface area (Å²) in [6.45, 7) is 3.54. The summed E-state index contributed by atoms with van der Waals surface area (Å²) in [5, 5.41) is 3.89. The van der Waals surface area contributed by atoms with Crippen LogP contribution < -0.4 is 16.6 Å². The van der Waals surface area contributed by atoms with Crippen LogP contribution in [0.4, 0.5) is 5.69 Å².